The second-order valence-corrected chi connectivity index (χ2v) is 7.13. The Bertz CT molecular complexity index is 1030. The van der Waals surface area contributed by atoms with Gasteiger partial charge in [-0.05, 0) is 48.5 Å². The minimum Gasteiger partial charge on any atom is -0.326 e. The Morgan fingerprint density at radius 2 is 1.83 bits per heavy atom. The van der Waals surface area contributed by atoms with Crippen LogP contribution in [0.4, 0.5) is 10.1 Å². The molecule has 0 aliphatic heterocycles. The van der Waals surface area contributed by atoms with Crippen LogP contribution in [0.1, 0.15) is 17.3 Å². The van der Waals surface area contributed by atoms with Gasteiger partial charge in [-0.2, -0.15) is 0 Å². The van der Waals surface area contributed by atoms with E-state index < -0.39 is 0 Å². The average Bonchev–Trinajstić information content (AvgIpc) is 3.10. The van der Waals surface area contributed by atoms with E-state index in [0.29, 0.717) is 28.8 Å². The van der Waals surface area contributed by atoms with E-state index in [9.17, 15) is 14.0 Å². The lowest BCUT2D eigenvalue weighted by molar-refractivity contribution is -0.114. The predicted octanol–water partition coefficient (Wildman–Crippen LogP) is 4.20. The minimum atomic E-state index is -0.326. The maximum Gasteiger partial charge on any atom is 0.221 e. The Morgan fingerprint density at radius 1 is 1.14 bits per heavy atom. The van der Waals surface area contributed by atoms with Gasteiger partial charge in [0.25, 0.3) is 0 Å². The molecule has 0 aliphatic carbocycles. The SMILES string of the molecule is C=CCn1c(SCC(=O)c2ccc(NC(C)=O)cc2)nnc1-c1ccc(F)cc1. The molecule has 0 fully saturated rings. The first-order valence-electron chi connectivity index (χ1n) is 8.81. The second-order valence-electron chi connectivity index (χ2n) is 6.18. The summed E-state index contributed by atoms with van der Waals surface area (Å²) in [6, 6.07) is 12.7. The van der Waals surface area contributed by atoms with Gasteiger partial charge in [0.05, 0.1) is 5.75 Å². The third-order valence-corrected chi connectivity index (χ3v) is 4.96. The molecule has 8 heteroatoms. The number of hydrogen-bond donors (Lipinski definition) is 1. The molecule has 6 nitrogen and oxygen atoms in total. The van der Waals surface area contributed by atoms with Crippen LogP contribution in [0.25, 0.3) is 11.4 Å². The molecule has 0 aliphatic rings. The molecular formula is C21H19FN4O2S. The zero-order valence-electron chi connectivity index (χ0n) is 15.8. The summed E-state index contributed by atoms with van der Waals surface area (Å²) in [6.07, 6.45) is 1.71. The average molecular weight is 410 g/mol. The number of ketones is 1. The number of allylic oxidation sites excluding steroid dienone is 1. The first-order valence-corrected chi connectivity index (χ1v) is 9.80. The summed E-state index contributed by atoms with van der Waals surface area (Å²) in [5.74, 6) is 0.199. The van der Waals surface area contributed by atoms with E-state index >= 15 is 0 Å². The van der Waals surface area contributed by atoms with E-state index in [1.807, 2.05) is 4.57 Å². The molecule has 0 saturated carbocycles. The van der Waals surface area contributed by atoms with Gasteiger partial charge in [0, 0.05) is 30.3 Å². The Kier molecular flexibility index (Phi) is 6.56. The van der Waals surface area contributed by atoms with Gasteiger partial charge < -0.3 is 5.32 Å². The van der Waals surface area contributed by atoms with Crippen LogP contribution in [0.3, 0.4) is 0 Å². The first-order chi connectivity index (χ1) is 14.0. The third-order valence-electron chi connectivity index (χ3n) is 3.99. The summed E-state index contributed by atoms with van der Waals surface area (Å²) in [4.78, 5) is 23.6. The molecule has 0 saturated heterocycles. The maximum atomic E-state index is 13.2. The highest BCUT2D eigenvalue weighted by molar-refractivity contribution is 7.99. The molecule has 1 amide bonds. The van der Waals surface area contributed by atoms with Crippen molar-refractivity contribution in [3.8, 4) is 11.4 Å². The number of anilines is 1. The van der Waals surface area contributed by atoms with Crippen molar-refractivity contribution in [3.05, 3.63) is 72.6 Å². The lowest BCUT2D eigenvalue weighted by Crippen LogP contribution is -2.07. The van der Waals surface area contributed by atoms with E-state index in [0.717, 1.165) is 5.56 Å². The van der Waals surface area contributed by atoms with Crippen molar-refractivity contribution in [1.82, 2.24) is 14.8 Å². The Balaban J connectivity index is 1.73. The summed E-state index contributed by atoms with van der Waals surface area (Å²) >= 11 is 1.27. The fraction of sp³-hybridized carbons (Fsp3) is 0.143. The van der Waals surface area contributed by atoms with Crippen LogP contribution in [0.5, 0.6) is 0 Å². The molecule has 0 unspecified atom stereocenters. The van der Waals surface area contributed by atoms with Crippen molar-refractivity contribution in [1.29, 1.82) is 0 Å². The lowest BCUT2D eigenvalue weighted by Gasteiger charge is -2.08. The number of thioether (sulfide) groups is 1. The fourth-order valence-electron chi connectivity index (χ4n) is 2.66. The van der Waals surface area contributed by atoms with Gasteiger partial charge in [0.15, 0.2) is 16.8 Å². The molecule has 1 heterocycles. The fourth-order valence-corrected chi connectivity index (χ4v) is 3.50. The summed E-state index contributed by atoms with van der Waals surface area (Å²) in [5.41, 5.74) is 1.91. The Labute approximate surface area is 171 Å². The summed E-state index contributed by atoms with van der Waals surface area (Å²) < 4.78 is 15.0. The van der Waals surface area contributed by atoms with Crippen LogP contribution in [0.2, 0.25) is 0 Å². The van der Waals surface area contributed by atoms with E-state index in [4.69, 9.17) is 0 Å². The molecule has 0 atom stereocenters. The van der Waals surface area contributed by atoms with E-state index in [1.165, 1.54) is 30.8 Å². The van der Waals surface area contributed by atoms with Crippen LogP contribution in [-0.4, -0.2) is 32.2 Å². The summed E-state index contributed by atoms with van der Waals surface area (Å²) in [6.45, 7) is 5.64. The summed E-state index contributed by atoms with van der Waals surface area (Å²) in [5, 5.41) is 11.6. The highest BCUT2D eigenvalue weighted by Gasteiger charge is 2.16. The molecule has 3 rings (SSSR count). The maximum absolute atomic E-state index is 13.2. The number of hydrogen-bond acceptors (Lipinski definition) is 5. The number of Topliss-reactive ketones (excluding diaryl/α,β-unsaturated/α-hetero) is 1. The van der Waals surface area contributed by atoms with Gasteiger partial charge in [0.2, 0.25) is 5.91 Å². The molecule has 2 aromatic carbocycles. The Morgan fingerprint density at radius 3 is 2.45 bits per heavy atom. The molecule has 0 spiro atoms. The number of halogens is 1. The smallest absolute Gasteiger partial charge is 0.221 e. The van der Waals surface area contributed by atoms with Crippen molar-refractivity contribution < 1.29 is 14.0 Å². The van der Waals surface area contributed by atoms with Crippen LogP contribution < -0.4 is 5.32 Å². The second kappa shape index (κ2) is 9.29. The number of aromatic nitrogens is 3. The highest BCUT2D eigenvalue weighted by Crippen LogP contribution is 2.25. The van der Waals surface area contributed by atoms with Crippen LogP contribution in [0.15, 0.2) is 66.3 Å². The van der Waals surface area contributed by atoms with Crippen LogP contribution >= 0.6 is 11.8 Å². The number of amides is 1. The van der Waals surface area contributed by atoms with Gasteiger partial charge in [-0.25, -0.2) is 4.39 Å². The van der Waals surface area contributed by atoms with Crippen molar-refractivity contribution in [2.45, 2.75) is 18.6 Å². The summed E-state index contributed by atoms with van der Waals surface area (Å²) in [7, 11) is 0. The van der Waals surface area contributed by atoms with Gasteiger partial charge in [-0.1, -0.05) is 17.8 Å². The van der Waals surface area contributed by atoms with E-state index in [1.54, 1.807) is 42.5 Å². The van der Waals surface area contributed by atoms with Crippen molar-refractivity contribution in [2.75, 3.05) is 11.1 Å². The number of rotatable bonds is 8. The highest BCUT2D eigenvalue weighted by atomic mass is 32.2. The molecule has 148 valence electrons. The predicted molar refractivity (Wildman–Crippen MR) is 111 cm³/mol. The van der Waals surface area contributed by atoms with Crippen molar-refractivity contribution in [2.24, 2.45) is 0 Å². The molecule has 29 heavy (non-hydrogen) atoms. The number of carbonyl (C=O) groups is 2. The van der Waals surface area contributed by atoms with E-state index in [2.05, 4.69) is 22.1 Å². The Hall–Kier alpha value is -3.26. The van der Waals surface area contributed by atoms with Gasteiger partial charge in [-0.3, -0.25) is 14.2 Å². The normalized spacial score (nSPS) is 10.6. The molecule has 0 radical (unpaired) electrons. The molecule has 1 N–H and O–H groups in total. The molecule has 0 bridgehead atoms. The van der Waals surface area contributed by atoms with Gasteiger partial charge in [0.1, 0.15) is 5.82 Å². The zero-order chi connectivity index (χ0) is 20.8. The van der Waals surface area contributed by atoms with Crippen LogP contribution in [-0.2, 0) is 11.3 Å². The number of nitrogens with zero attached hydrogens (tertiary/aromatic N) is 3. The lowest BCUT2D eigenvalue weighted by atomic mass is 10.1. The number of nitrogens with one attached hydrogen (secondary N) is 1. The topological polar surface area (TPSA) is 76.9 Å². The molecule has 1 aromatic heterocycles. The third kappa shape index (κ3) is 5.17. The zero-order valence-corrected chi connectivity index (χ0v) is 16.6. The number of carbonyl (C=O) groups excluding carboxylic acids is 2. The quantitative estimate of drug-likeness (QED) is 0.342. The monoisotopic (exact) mass is 410 g/mol. The minimum absolute atomic E-state index is 0.0686. The largest absolute Gasteiger partial charge is 0.326 e. The first kappa shape index (κ1) is 20.5. The molecular weight excluding hydrogens is 391 g/mol. The van der Waals surface area contributed by atoms with Crippen molar-refractivity contribution >= 4 is 29.1 Å². The van der Waals surface area contributed by atoms with Crippen LogP contribution in [0, 0.1) is 5.82 Å². The van der Waals surface area contributed by atoms with E-state index in [-0.39, 0.29) is 23.3 Å². The van der Waals surface area contributed by atoms with Crippen molar-refractivity contribution in [3.63, 3.8) is 0 Å². The number of benzene rings is 2. The standard InChI is InChI=1S/C21H19FN4O2S/c1-3-12-26-20(16-4-8-17(22)9-5-16)24-25-21(26)29-13-19(28)15-6-10-18(11-7-15)23-14(2)27/h3-11H,1,12-13H2,2H3,(H,23,27). The molecule has 3 aromatic rings. The van der Waals surface area contributed by atoms with Gasteiger partial charge >= 0.3 is 0 Å². The van der Waals surface area contributed by atoms with Gasteiger partial charge in [-0.15, -0.1) is 16.8 Å².